The molecule has 3 atom stereocenters. The fourth-order valence-corrected chi connectivity index (χ4v) is 7.26. The number of amides is 1. The molecule has 0 saturated carbocycles. The van der Waals surface area contributed by atoms with Crippen molar-refractivity contribution < 1.29 is 18.0 Å². The second-order valence-electron chi connectivity index (χ2n) is 10.6. The van der Waals surface area contributed by atoms with Crippen LogP contribution in [0.25, 0.3) is 0 Å². The normalized spacial score (nSPS) is 18.1. The van der Waals surface area contributed by atoms with Gasteiger partial charge in [0.25, 0.3) is 5.91 Å². The Hall–Kier alpha value is -2.54. The average molecular weight is 513 g/mol. The van der Waals surface area contributed by atoms with E-state index in [4.69, 9.17) is 0 Å². The SMILES string of the molecule is CCC[C@@H](CC(c1ccccc1)c1cccnc1)S(=O)(=O)C[C@@H]1CCCN1C(=O)C(=O)C(C)(C)CC. The molecule has 1 amide bonds. The van der Waals surface area contributed by atoms with Crippen molar-refractivity contribution in [2.45, 2.75) is 83.4 Å². The van der Waals surface area contributed by atoms with E-state index in [-0.39, 0.29) is 11.7 Å². The van der Waals surface area contributed by atoms with Crippen LogP contribution in [0.1, 0.15) is 83.3 Å². The number of nitrogens with zero attached hydrogens (tertiary/aromatic N) is 2. The number of hydrogen-bond donors (Lipinski definition) is 0. The number of rotatable bonds is 12. The van der Waals surface area contributed by atoms with Gasteiger partial charge in [0.1, 0.15) is 0 Å². The molecule has 1 aromatic heterocycles. The number of carbonyl (C=O) groups is 2. The highest BCUT2D eigenvalue weighted by Gasteiger charge is 2.41. The van der Waals surface area contributed by atoms with Gasteiger partial charge in [0.2, 0.25) is 5.78 Å². The van der Waals surface area contributed by atoms with Crippen LogP contribution < -0.4 is 0 Å². The highest BCUT2D eigenvalue weighted by molar-refractivity contribution is 7.92. The molecule has 1 saturated heterocycles. The summed E-state index contributed by atoms with van der Waals surface area (Å²) >= 11 is 0. The number of likely N-dealkylation sites (tertiary alicyclic amines) is 1. The van der Waals surface area contributed by atoms with Crippen molar-refractivity contribution in [3.8, 4) is 0 Å². The zero-order valence-corrected chi connectivity index (χ0v) is 22.8. The van der Waals surface area contributed by atoms with Gasteiger partial charge in [0.05, 0.1) is 11.0 Å². The first-order chi connectivity index (χ1) is 17.1. The summed E-state index contributed by atoms with van der Waals surface area (Å²) in [7, 11) is -3.54. The monoisotopic (exact) mass is 512 g/mol. The summed E-state index contributed by atoms with van der Waals surface area (Å²) in [6.45, 7) is 7.87. The molecule has 36 heavy (non-hydrogen) atoms. The number of benzene rings is 1. The van der Waals surface area contributed by atoms with Crippen molar-refractivity contribution in [1.29, 1.82) is 0 Å². The van der Waals surface area contributed by atoms with Crippen LogP contribution in [0.3, 0.4) is 0 Å². The standard InChI is InChI=1S/C29H40N2O4S/c1-5-12-25(19-26(22-13-8-7-9-14-22)23-15-10-17-30-20-23)36(34,35)21-24-16-11-18-31(24)28(33)27(32)29(3,4)6-2/h7-10,13-15,17,20,24-26H,5-6,11-12,16,18-19,21H2,1-4H3/t24-,25-,26?/m0/s1. The van der Waals surface area contributed by atoms with Gasteiger partial charge in [-0.25, -0.2) is 8.42 Å². The van der Waals surface area contributed by atoms with E-state index < -0.39 is 38.2 Å². The molecular weight excluding hydrogens is 472 g/mol. The molecule has 1 aromatic carbocycles. The fraction of sp³-hybridized carbons (Fsp3) is 0.552. The highest BCUT2D eigenvalue weighted by Crippen LogP contribution is 2.34. The first-order valence-electron chi connectivity index (χ1n) is 13.1. The molecular formula is C29H40N2O4S. The third-order valence-electron chi connectivity index (χ3n) is 7.66. The van der Waals surface area contributed by atoms with Crippen molar-refractivity contribution in [2.75, 3.05) is 12.3 Å². The summed E-state index contributed by atoms with van der Waals surface area (Å²) in [4.78, 5) is 31.7. The number of pyridine rings is 1. The number of hydrogen-bond acceptors (Lipinski definition) is 5. The minimum absolute atomic E-state index is 0.0977. The van der Waals surface area contributed by atoms with Gasteiger partial charge in [-0.1, -0.05) is 70.5 Å². The summed E-state index contributed by atoms with van der Waals surface area (Å²) in [6, 6.07) is 13.4. The minimum atomic E-state index is -3.54. The molecule has 1 aliphatic rings. The van der Waals surface area contributed by atoms with E-state index in [1.807, 2.05) is 62.5 Å². The molecule has 6 nitrogen and oxygen atoms in total. The van der Waals surface area contributed by atoms with E-state index in [0.29, 0.717) is 38.6 Å². The Morgan fingerprint density at radius 2 is 1.78 bits per heavy atom. The third kappa shape index (κ3) is 6.61. The third-order valence-corrected chi connectivity index (χ3v) is 9.95. The summed E-state index contributed by atoms with van der Waals surface area (Å²) in [5.41, 5.74) is 1.30. The van der Waals surface area contributed by atoms with E-state index >= 15 is 0 Å². The lowest BCUT2D eigenvalue weighted by molar-refractivity contribution is -0.149. The number of Topliss-reactive ketones (excluding diaryl/α,β-unsaturated/α-hetero) is 1. The van der Waals surface area contributed by atoms with Crippen molar-refractivity contribution >= 4 is 21.5 Å². The van der Waals surface area contributed by atoms with Gasteiger partial charge < -0.3 is 4.90 Å². The van der Waals surface area contributed by atoms with E-state index in [2.05, 4.69) is 4.98 Å². The van der Waals surface area contributed by atoms with Crippen LogP contribution in [0, 0.1) is 5.41 Å². The van der Waals surface area contributed by atoms with Crippen LogP contribution in [0.15, 0.2) is 54.9 Å². The van der Waals surface area contributed by atoms with Gasteiger partial charge in [-0.3, -0.25) is 14.6 Å². The Morgan fingerprint density at radius 1 is 1.08 bits per heavy atom. The zero-order chi connectivity index (χ0) is 26.3. The Morgan fingerprint density at radius 3 is 2.39 bits per heavy atom. The van der Waals surface area contributed by atoms with Crippen LogP contribution in [-0.2, 0) is 19.4 Å². The predicted molar refractivity (Wildman–Crippen MR) is 143 cm³/mol. The van der Waals surface area contributed by atoms with E-state index in [9.17, 15) is 18.0 Å². The fourth-order valence-electron chi connectivity index (χ4n) is 5.02. The zero-order valence-electron chi connectivity index (χ0n) is 22.0. The maximum Gasteiger partial charge on any atom is 0.290 e. The first kappa shape index (κ1) is 28.0. The molecule has 7 heteroatoms. The molecule has 196 valence electrons. The van der Waals surface area contributed by atoms with Gasteiger partial charge in [0.15, 0.2) is 9.84 Å². The second-order valence-corrected chi connectivity index (χ2v) is 12.9. The molecule has 2 heterocycles. The van der Waals surface area contributed by atoms with E-state index in [0.717, 1.165) is 17.5 Å². The average Bonchev–Trinajstić information content (AvgIpc) is 3.33. The second kappa shape index (κ2) is 12.1. The van der Waals surface area contributed by atoms with Gasteiger partial charge >= 0.3 is 0 Å². The Bertz CT molecular complexity index is 1080. The maximum atomic E-state index is 13.8. The molecule has 0 spiro atoms. The summed E-state index contributed by atoms with van der Waals surface area (Å²) < 4.78 is 27.7. The van der Waals surface area contributed by atoms with Gasteiger partial charge in [-0.2, -0.15) is 0 Å². The molecule has 1 unspecified atom stereocenters. The molecule has 0 aliphatic carbocycles. The van der Waals surface area contributed by atoms with Crippen LogP contribution >= 0.6 is 0 Å². The molecule has 1 aliphatic heterocycles. The highest BCUT2D eigenvalue weighted by atomic mass is 32.2. The molecule has 1 fully saturated rings. The van der Waals surface area contributed by atoms with Gasteiger partial charge in [0, 0.05) is 36.3 Å². The van der Waals surface area contributed by atoms with Gasteiger partial charge in [-0.05, 0) is 49.3 Å². The predicted octanol–water partition coefficient (Wildman–Crippen LogP) is 5.18. The number of carbonyl (C=O) groups excluding carboxylic acids is 2. The Kier molecular flexibility index (Phi) is 9.45. The molecule has 0 radical (unpaired) electrons. The largest absolute Gasteiger partial charge is 0.332 e. The van der Waals surface area contributed by atoms with E-state index in [1.165, 1.54) is 4.90 Å². The van der Waals surface area contributed by atoms with Crippen LogP contribution in [0.5, 0.6) is 0 Å². The smallest absolute Gasteiger partial charge is 0.290 e. The lowest BCUT2D eigenvalue weighted by Gasteiger charge is -2.30. The quantitative estimate of drug-likeness (QED) is 0.366. The topological polar surface area (TPSA) is 84.4 Å². The van der Waals surface area contributed by atoms with Crippen molar-refractivity contribution in [1.82, 2.24) is 9.88 Å². The molecule has 3 rings (SSSR count). The number of aromatic nitrogens is 1. The lowest BCUT2D eigenvalue weighted by atomic mass is 9.84. The van der Waals surface area contributed by atoms with E-state index in [1.54, 1.807) is 20.0 Å². The van der Waals surface area contributed by atoms with Crippen molar-refractivity contribution in [3.63, 3.8) is 0 Å². The van der Waals surface area contributed by atoms with Crippen molar-refractivity contribution in [2.24, 2.45) is 5.41 Å². The Labute approximate surface area is 216 Å². The molecule has 2 aromatic rings. The van der Waals surface area contributed by atoms with Crippen LogP contribution in [0.2, 0.25) is 0 Å². The molecule has 0 N–H and O–H groups in total. The summed E-state index contributed by atoms with van der Waals surface area (Å²) in [6.07, 6.45) is 7.16. The van der Waals surface area contributed by atoms with Crippen molar-refractivity contribution in [3.05, 3.63) is 66.0 Å². The first-order valence-corrected chi connectivity index (χ1v) is 14.8. The van der Waals surface area contributed by atoms with Crippen LogP contribution in [0.4, 0.5) is 0 Å². The lowest BCUT2D eigenvalue weighted by Crippen LogP contribution is -2.47. The number of sulfone groups is 1. The van der Waals surface area contributed by atoms with Crippen LogP contribution in [-0.4, -0.2) is 53.6 Å². The number of ketones is 1. The minimum Gasteiger partial charge on any atom is -0.332 e. The molecule has 0 bridgehead atoms. The summed E-state index contributed by atoms with van der Waals surface area (Å²) in [5.74, 6) is -1.17. The summed E-state index contributed by atoms with van der Waals surface area (Å²) in [5, 5.41) is -0.548. The maximum absolute atomic E-state index is 13.8. The van der Waals surface area contributed by atoms with Gasteiger partial charge in [-0.15, -0.1) is 0 Å². The Balaban J connectivity index is 1.84.